The summed E-state index contributed by atoms with van der Waals surface area (Å²) in [5.74, 6) is 0. The zero-order valence-electron chi connectivity index (χ0n) is 14.0. The number of benzene rings is 2. The molecule has 0 amide bonds. The van der Waals surface area contributed by atoms with Crippen LogP contribution in [0.1, 0.15) is 0 Å². The van der Waals surface area contributed by atoms with E-state index in [0.717, 1.165) is 16.9 Å². The average molecular weight is 412 g/mol. The smallest absolute Gasteiger partial charge is 0.195 e. The number of ether oxygens (including phenoxy) is 1. The molecule has 25 heavy (non-hydrogen) atoms. The summed E-state index contributed by atoms with van der Waals surface area (Å²) >= 11 is 3.43. The van der Waals surface area contributed by atoms with E-state index in [1.165, 1.54) is 10.6 Å². The van der Waals surface area contributed by atoms with Crippen LogP contribution in [0.15, 0.2) is 79.3 Å². The standard InChI is InChI=1S/C20H21BrN2OP/c21-12-14-24-15-16-25(18-7-3-1-4-8-18,19-9-5-2-6-10-19)20-11-13-22-17-23-20/h1-11,13,17H,12,14-16H2/q+1/i21-4. The van der Waals surface area contributed by atoms with Gasteiger partial charge in [-0.2, -0.15) is 0 Å². The molecule has 0 spiro atoms. The number of nitrogens with zero attached hydrogens (tertiary/aromatic N) is 2. The molecule has 3 aromatic rings. The van der Waals surface area contributed by atoms with Gasteiger partial charge in [0.1, 0.15) is 24.2 Å². The lowest BCUT2D eigenvalue weighted by Crippen LogP contribution is -2.36. The van der Waals surface area contributed by atoms with E-state index in [1.54, 1.807) is 6.33 Å². The highest BCUT2D eigenvalue weighted by atomic mass is 75.9. The highest BCUT2D eigenvalue weighted by molar-refractivity contribution is 9.09. The Bertz CT molecular complexity index is 660. The molecule has 0 bridgehead atoms. The van der Waals surface area contributed by atoms with Crippen LogP contribution in [0.4, 0.5) is 0 Å². The molecule has 0 N–H and O–H groups in total. The van der Waals surface area contributed by atoms with Gasteiger partial charge in [0, 0.05) is 17.6 Å². The second-order valence-electron chi connectivity index (χ2n) is 5.57. The molecule has 0 aliphatic carbocycles. The minimum atomic E-state index is -1.88. The molecule has 2 aromatic carbocycles. The summed E-state index contributed by atoms with van der Waals surface area (Å²) in [5, 5.41) is 3.49. The monoisotopic (exact) mass is 412 g/mol. The van der Waals surface area contributed by atoms with Crippen molar-refractivity contribution in [1.82, 2.24) is 9.97 Å². The van der Waals surface area contributed by atoms with Crippen molar-refractivity contribution < 1.29 is 4.74 Å². The van der Waals surface area contributed by atoms with E-state index in [0.29, 0.717) is 13.2 Å². The third-order valence-corrected chi connectivity index (χ3v) is 8.73. The molecule has 3 nitrogen and oxygen atoms in total. The van der Waals surface area contributed by atoms with Gasteiger partial charge in [-0.3, -0.25) is 0 Å². The Morgan fingerprint density at radius 2 is 1.48 bits per heavy atom. The number of halogens is 1. The maximum atomic E-state index is 5.84. The Hall–Kier alpha value is -1.61. The second-order valence-corrected chi connectivity index (χ2v) is 9.92. The number of alkyl halides is 1. The van der Waals surface area contributed by atoms with E-state index in [-0.39, 0.29) is 0 Å². The largest absolute Gasteiger partial charge is 0.377 e. The predicted molar refractivity (Wildman–Crippen MR) is 110 cm³/mol. The molecule has 0 atom stereocenters. The first kappa shape index (κ1) is 18.2. The zero-order chi connectivity index (χ0) is 17.4. The average Bonchev–Trinajstić information content (AvgIpc) is 2.70. The van der Waals surface area contributed by atoms with Gasteiger partial charge in [-0.25, -0.2) is 9.97 Å². The quantitative estimate of drug-likeness (QED) is 0.324. The van der Waals surface area contributed by atoms with Gasteiger partial charge in [0.25, 0.3) is 0 Å². The van der Waals surface area contributed by atoms with Gasteiger partial charge in [0.15, 0.2) is 5.44 Å². The fourth-order valence-electron chi connectivity index (χ4n) is 3.02. The Balaban J connectivity index is 2.13. The zero-order valence-corrected chi connectivity index (χ0v) is 16.4. The van der Waals surface area contributed by atoms with Crippen molar-refractivity contribution in [2.24, 2.45) is 0 Å². The molecule has 0 unspecified atom stereocenters. The van der Waals surface area contributed by atoms with Crippen molar-refractivity contribution in [2.45, 2.75) is 0 Å². The van der Waals surface area contributed by atoms with Crippen LogP contribution in [0, 0.1) is 0 Å². The Morgan fingerprint density at radius 3 is 2.00 bits per heavy atom. The summed E-state index contributed by atoms with van der Waals surface area (Å²) in [7, 11) is -1.88. The molecule has 1 heterocycles. The molecule has 1 aromatic heterocycles. The first-order valence-corrected chi connectivity index (χ1v) is 11.4. The van der Waals surface area contributed by atoms with Gasteiger partial charge in [-0.1, -0.05) is 52.3 Å². The van der Waals surface area contributed by atoms with E-state index in [4.69, 9.17) is 4.74 Å². The summed E-state index contributed by atoms with van der Waals surface area (Å²) in [5.41, 5.74) is 1.10. The van der Waals surface area contributed by atoms with E-state index in [1.807, 2.05) is 6.20 Å². The van der Waals surface area contributed by atoms with Crippen LogP contribution in [0.5, 0.6) is 0 Å². The lowest BCUT2D eigenvalue weighted by molar-refractivity contribution is 0.167. The lowest BCUT2D eigenvalue weighted by atomic mass is 10.4. The third kappa shape index (κ3) is 4.14. The second kappa shape index (κ2) is 9.19. The maximum Gasteiger partial charge on any atom is 0.195 e. The number of hydrogen-bond donors (Lipinski definition) is 0. The van der Waals surface area contributed by atoms with Crippen LogP contribution >= 0.6 is 23.2 Å². The van der Waals surface area contributed by atoms with Gasteiger partial charge in [0.2, 0.25) is 0 Å². The first-order valence-electron chi connectivity index (χ1n) is 8.27. The molecule has 0 aliphatic heterocycles. The van der Waals surface area contributed by atoms with Gasteiger partial charge >= 0.3 is 0 Å². The first-order chi connectivity index (χ1) is 12.4. The number of aromatic nitrogens is 2. The number of rotatable bonds is 8. The van der Waals surface area contributed by atoms with Crippen LogP contribution in [-0.4, -0.2) is 34.7 Å². The highest BCUT2D eigenvalue weighted by Crippen LogP contribution is 2.54. The van der Waals surface area contributed by atoms with Crippen LogP contribution in [-0.2, 0) is 4.74 Å². The van der Waals surface area contributed by atoms with Crippen molar-refractivity contribution in [2.75, 3.05) is 24.7 Å². The van der Waals surface area contributed by atoms with E-state index >= 15 is 0 Å². The van der Waals surface area contributed by atoms with Crippen LogP contribution in [0.3, 0.4) is 0 Å². The predicted octanol–water partition coefficient (Wildman–Crippen LogP) is 3.18. The topological polar surface area (TPSA) is 35.0 Å². The summed E-state index contributed by atoms with van der Waals surface area (Å²) in [4.78, 5) is 8.80. The molecule has 0 aliphatic rings. The molecule has 0 radical (unpaired) electrons. The van der Waals surface area contributed by atoms with Crippen molar-refractivity contribution in [3.8, 4) is 0 Å². The highest BCUT2D eigenvalue weighted by Gasteiger charge is 2.46. The normalized spacial score (nSPS) is 11.4. The van der Waals surface area contributed by atoms with Crippen LogP contribution in [0.25, 0.3) is 0 Å². The Morgan fingerprint density at radius 1 is 0.840 bits per heavy atom. The number of hydrogen-bond acceptors (Lipinski definition) is 3. The summed E-state index contributed by atoms with van der Waals surface area (Å²) < 4.78 is 5.84. The molecule has 3 rings (SSSR count). The molecule has 0 saturated carbocycles. The van der Waals surface area contributed by atoms with Crippen molar-refractivity contribution in [3.63, 3.8) is 0 Å². The summed E-state index contributed by atoms with van der Waals surface area (Å²) in [6.45, 7) is 1.42. The van der Waals surface area contributed by atoms with Crippen molar-refractivity contribution >= 4 is 39.2 Å². The summed E-state index contributed by atoms with van der Waals surface area (Å²) in [6.07, 6.45) is 4.41. The molecule has 5 heteroatoms. The fourth-order valence-corrected chi connectivity index (χ4v) is 7.16. The third-order valence-electron chi connectivity index (χ3n) is 4.14. The minimum absolute atomic E-state index is 0.702. The van der Waals surface area contributed by atoms with Crippen molar-refractivity contribution in [3.05, 3.63) is 79.3 Å². The Labute approximate surface area is 158 Å². The van der Waals surface area contributed by atoms with E-state index in [9.17, 15) is 0 Å². The molecule has 0 saturated heterocycles. The van der Waals surface area contributed by atoms with Crippen LogP contribution < -0.4 is 16.0 Å². The summed E-state index contributed by atoms with van der Waals surface area (Å²) in [6, 6.07) is 23.5. The minimum Gasteiger partial charge on any atom is -0.377 e. The lowest BCUT2D eigenvalue weighted by Gasteiger charge is -2.26. The Kier molecular flexibility index (Phi) is 6.69. The maximum absolute atomic E-state index is 5.84. The molecular formula is C20H21BrN2OP+. The van der Waals surface area contributed by atoms with E-state index in [2.05, 4.69) is 92.6 Å². The SMILES string of the molecule is [76Br]CCOCC[P+](c1ccccc1)(c1ccccc1)c1ccncn1. The molecule has 0 fully saturated rings. The van der Waals surface area contributed by atoms with Gasteiger partial charge in [-0.05, 0) is 24.3 Å². The molecule has 128 valence electrons. The molecular weight excluding hydrogens is 391 g/mol. The van der Waals surface area contributed by atoms with Gasteiger partial charge < -0.3 is 4.74 Å². The van der Waals surface area contributed by atoms with Gasteiger partial charge in [0.05, 0.1) is 19.4 Å². The van der Waals surface area contributed by atoms with Gasteiger partial charge in [-0.15, -0.1) is 0 Å². The van der Waals surface area contributed by atoms with Crippen molar-refractivity contribution in [1.29, 1.82) is 0 Å². The van der Waals surface area contributed by atoms with E-state index < -0.39 is 7.26 Å². The van der Waals surface area contributed by atoms with Crippen LogP contribution in [0.2, 0.25) is 0 Å². The fraction of sp³-hybridized carbons (Fsp3) is 0.200.